The molecule has 0 radical (unpaired) electrons. The molecule has 0 bridgehead atoms. The van der Waals surface area contributed by atoms with Crippen molar-refractivity contribution < 1.29 is 31.4 Å². The standard InChI is InChI=1S/C28H30F3N5O5S.CH4/c1-3-41-23-12-11-20(42(39,40)32-15-22(37)18-9-6-10-19(13-18)28(29,30)31)14-21(23)25-34-27(38)24-16(2)33-26(36(24)35-25)17-7-4-5-8-17;/h6,9-14,17,22,32,37H,3-5,7-8,15H2,1-2H3,(H,34,35,38);1H4. The number of ether oxygens (including phenoxy) is 1. The van der Waals surface area contributed by atoms with Crippen molar-refractivity contribution in [3.63, 3.8) is 0 Å². The Morgan fingerprint density at radius 2 is 1.91 bits per heavy atom. The fourth-order valence-corrected chi connectivity index (χ4v) is 6.28. The molecule has 1 fully saturated rings. The monoisotopic (exact) mass is 621 g/mol. The number of H-pyrrole nitrogens is 1. The second-order valence-electron chi connectivity index (χ2n) is 10.2. The summed E-state index contributed by atoms with van der Waals surface area (Å²) >= 11 is 0. The minimum absolute atomic E-state index is 0. The van der Waals surface area contributed by atoms with Crippen LogP contribution < -0.4 is 15.0 Å². The number of nitrogens with one attached hydrogen (secondary N) is 2. The van der Waals surface area contributed by atoms with Gasteiger partial charge in [-0.2, -0.15) is 13.2 Å². The Hall–Kier alpha value is -3.75. The van der Waals surface area contributed by atoms with Crippen LogP contribution in [-0.2, 0) is 16.2 Å². The number of aliphatic hydroxyl groups excluding tert-OH is 1. The molecule has 2 heterocycles. The van der Waals surface area contributed by atoms with Gasteiger partial charge in [-0.05, 0) is 62.6 Å². The third-order valence-electron chi connectivity index (χ3n) is 7.30. The molecule has 0 saturated heterocycles. The van der Waals surface area contributed by atoms with Gasteiger partial charge in [-0.1, -0.05) is 32.4 Å². The summed E-state index contributed by atoms with van der Waals surface area (Å²) in [5.41, 5.74) is -0.424. The van der Waals surface area contributed by atoms with Gasteiger partial charge >= 0.3 is 6.18 Å². The van der Waals surface area contributed by atoms with Crippen LogP contribution in [0.2, 0.25) is 0 Å². The van der Waals surface area contributed by atoms with Gasteiger partial charge in [-0.25, -0.2) is 22.6 Å². The Labute approximate surface area is 247 Å². The van der Waals surface area contributed by atoms with E-state index in [2.05, 4.69) is 19.8 Å². The lowest BCUT2D eigenvalue weighted by Crippen LogP contribution is -2.28. The van der Waals surface area contributed by atoms with E-state index in [1.807, 2.05) is 0 Å². The highest BCUT2D eigenvalue weighted by molar-refractivity contribution is 7.89. The molecule has 2 aromatic heterocycles. The number of aromatic amines is 1. The predicted octanol–water partition coefficient (Wildman–Crippen LogP) is 5.12. The van der Waals surface area contributed by atoms with Crippen LogP contribution in [0.5, 0.6) is 5.75 Å². The molecule has 14 heteroatoms. The van der Waals surface area contributed by atoms with Crippen molar-refractivity contribution in [3.05, 3.63) is 75.5 Å². The van der Waals surface area contributed by atoms with E-state index >= 15 is 0 Å². The number of fused-ring (bicyclic) bond motifs is 1. The van der Waals surface area contributed by atoms with Crippen LogP contribution in [0.3, 0.4) is 0 Å². The van der Waals surface area contributed by atoms with E-state index in [-0.39, 0.29) is 47.5 Å². The average Bonchev–Trinajstić information content (AvgIpc) is 3.60. The maximum absolute atomic E-state index is 13.2. The molecule has 3 N–H and O–H groups in total. The maximum atomic E-state index is 13.2. The topological polar surface area (TPSA) is 139 Å². The number of hydrogen-bond acceptors (Lipinski definition) is 7. The lowest BCUT2D eigenvalue weighted by molar-refractivity contribution is -0.137. The molecule has 1 aliphatic rings. The van der Waals surface area contributed by atoms with Gasteiger partial charge in [0.1, 0.15) is 11.6 Å². The largest absolute Gasteiger partial charge is 0.493 e. The van der Waals surface area contributed by atoms with Crippen LogP contribution in [0.25, 0.3) is 16.9 Å². The van der Waals surface area contributed by atoms with Gasteiger partial charge in [0.05, 0.1) is 34.4 Å². The maximum Gasteiger partial charge on any atom is 0.416 e. The van der Waals surface area contributed by atoms with E-state index in [0.29, 0.717) is 17.0 Å². The van der Waals surface area contributed by atoms with Crippen LogP contribution in [0, 0.1) is 6.92 Å². The van der Waals surface area contributed by atoms with E-state index in [1.54, 1.807) is 13.8 Å². The highest BCUT2D eigenvalue weighted by atomic mass is 32.2. The molecule has 10 nitrogen and oxygen atoms in total. The molecular weight excluding hydrogens is 587 g/mol. The molecule has 2 aromatic carbocycles. The number of hydrogen-bond donors (Lipinski definition) is 3. The number of aromatic nitrogens is 4. The van der Waals surface area contributed by atoms with Crippen molar-refractivity contribution in [2.75, 3.05) is 13.2 Å². The van der Waals surface area contributed by atoms with Crippen molar-refractivity contribution in [3.8, 4) is 17.1 Å². The quantitative estimate of drug-likeness (QED) is 0.236. The molecule has 0 spiro atoms. The van der Waals surface area contributed by atoms with Gasteiger partial charge in [0.25, 0.3) is 5.56 Å². The molecule has 0 aliphatic heterocycles. The second-order valence-corrected chi connectivity index (χ2v) is 11.9. The molecule has 1 saturated carbocycles. The zero-order valence-electron chi connectivity index (χ0n) is 22.9. The minimum Gasteiger partial charge on any atom is -0.493 e. The van der Waals surface area contributed by atoms with E-state index in [4.69, 9.17) is 4.74 Å². The van der Waals surface area contributed by atoms with Gasteiger partial charge in [0, 0.05) is 12.5 Å². The van der Waals surface area contributed by atoms with E-state index in [1.165, 1.54) is 28.8 Å². The van der Waals surface area contributed by atoms with Crippen molar-refractivity contribution in [1.29, 1.82) is 0 Å². The van der Waals surface area contributed by atoms with Crippen molar-refractivity contribution in [2.45, 2.75) is 70.1 Å². The number of nitrogens with zero attached hydrogens (tertiary/aromatic N) is 3. The fourth-order valence-electron chi connectivity index (χ4n) is 5.22. The third-order valence-corrected chi connectivity index (χ3v) is 8.72. The lowest BCUT2D eigenvalue weighted by Gasteiger charge is -2.16. The molecule has 1 unspecified atom stereocenters. The Morgan fingerprint density at radius 3 is 2.58 bits per heavy atom. The first-order valence-corrected chi connectivity index (χ1v) is 15.0. The summed E-state index contributed by atoms with van der Waals surface area (Å²) in [6, 6.07) is 8.04. The van der Waals surface area contributed by atoms with Crippen LogP contribution in [0.15, 0.2) is 52.2 Å². The number of rotatable bonds is 9. The van der Waals surface area contributed by atoms with Crippen molar-refractivity contribution in [2.24, 2.45) is 0 Å². The van der Waals surface area contributed by atoms with Gasteiger partial charge in [0.2, 0.25) is 10.0 Å². The Kier molecular flexibility index (Phi) is 9.33. The van der Waals surface area contributed by atoms with Crippen molar-refractivity contribution in [1.82, 2.24) is 24.3 Å². The fraction of sp³-hybridized carbons (Fsp3) is 0.414. The predicted molar refractivity (Wildman–Crippen MR) is 154 cm³/mol. The lowest BCUT2D eigenvalue weighted by atomic mass is 10.1. The van der Waals surface area contributed by atoms with Crippen LogP contribution >= 0.6 is 0 Å². The number of imidazole rings is 1. The van der Waals surface area contributed by atoms with Gasteiger partial charge in [-0.3, -0.25) is 4.79 Å². The normalized spacial score (nSPS) is 15.0. The van der Waals surface area contributed by atoms with E-state index in [9.17, 15) is 31.5 Å². The molecule has 1 atom stereocenters. The summed E-state index contributed by atoms with van der Waals surface area (Å²) < 4.78 is 75.1. The number of aryl methyl sites for hydroxylation is 1. The number of benzene rings is 2. The second kappa shape index (κ2) is 12.5. The van der Waals surface area contributed by atoms with Gasteiger partial charge < -0.3 is 14.8 Å². The summed E-state index contributed by atoms with van der Waals surface area (Å²) in [6.45, 7) is 3.17. The summed E-state index contributed by atoms with van der Waals surface area (Å²) in [7, 11) is -4.26. The first-order valence-electron chi connectivity index (χ1n) is 13.5. The summed E-state index contributed by atoms with van der Waals surface area (Å²) in [5, 5.41) is 15.1. The number of alkyl halides is 3. The highest BCUT2D eigenvalue weighted by Gasteiger charge is 2.31. The van der Waals surface area contributed by atoms with E-state index < -0.39 is 40.0 Å². The molecule has 232 valence electrons. The molecule has 43 heavy (non-hydrogen) atoms. The molecule has 5 rings (SSSR count). The number of sulfonamides is 1. The average molecular weight is 622 g/mol. The Bertz CT molecular complexity index is 1780. The van der Waals surface area contributed by atoms with Gasteiger partial charge in [-0.15, -0.1) is 5.10 Å². The Morgan fingerprint density at radius 1 is 1.19 bits per heavy atom. The van der Waals surface area contributed by atoms with Crippen molar-refractivity contribution >= 4 is 15.5 Å². The molecule has 4 aromatic rings. The SMILES string of the molecule is C.CCOc1ccc(S(=O)(=O)NCC(O)c2cccc(C(F)(F)F)c2)cc1-c1nn2c(C3CCCC3)nc(C)c2c(=O)[nH]1. The molecule has 0 amide bonds. The van der Waals surface area contributed by atoms with Crippen LogP contribution in [0.1, 0.15) is 74.7 Å². The smallest absolute Gasteiger partial charge is 0.416 e. The number of aliphatic hydroxyl groups is 1. The minimum atomic E-state index is -4.61. The Balaban J connectivity index is 0.00000423. The zero-order chi connectivity index (χ0) is 30.2. The molecule has 1 aliphatic carbocycles. The highest BCUT2D eigenvalue weighted by Crippen LogP contribution is 2.35. The summed E-state index contributed by atoms with van der Waals surface area (Å²) in [4.78, 5) is 20.3. The van der Waals surface area contributed by atoms with Crippen LogP contribution in [0.4, 0.5) is 13.2 Å². The first kappa shape index (κ1) is 32.2. The summed E-state index contributed by atoms with van der Waals surface area (Å²) in [5.74, 6) is 1.19. The van der Waals surface area contributed by atoms with Gasteiger partial charge in [0.15, 0.2) is 11.3 Å². The number of halogens is 3. The zero-order valence-corrected chi connectivity index (χ0v) is 23.7. The van der Waals surface area contributed by atoms with E-state index in [0.717, 1.165) is 43.9 Å². The third kappa shape index (κ3) is 6.60. The van der Waals surface area contributed by atoms with Crippen LogP contribution in [-0.4, -0.2) is 46.3 Å². The first-order chi connectivity index (χ1) is 19.9. The summed E-state index contributed by atoms with van der Waals surface area (Å²) in [6.07, 6.45) is -2.18. The molecular formula is C29H34F3N5O5S.